The van der Waals surface area contributed by atoms with Gasteiger partial charge in [-0.15, -0.1) is 4.83 Å². The summed E-state index contributed by atoms with van der Waals surface area (Å²) >= 11 is 0. The van der Waals surface area contributed by atoms with E-state index in [9.17, 15) is 26.4 Å². The van der Waals surface area contributed by atoms with Crippen LogP contribution >= 0.6 is 0 Å². The molecule has 0 amide bonds. The Morgan fingerprint density at radius 2 is 1.88 bits per heavy atom. The van der Waals surface area contributed by atoms with Crippen molar-refractivity contribution >= 4 is 16.4 Å². The number of fused-ring (bicyclic) bond motifs is 1. The van der Waals surface area contributed by atoms with Crippen molar-refractivity contribution in [2.75, 3.05) is 27.4 Å². The van der Waals surface area contributed by atoms with Gasteiger partial charge in [-0.05, 0) is 23.8 Å². The Bertz CT molecular complexity index is 1760. The predicted octanol–water partition coefficient (Wildman–Crippen LogP) is 3.04. The van der Waals surface area contributed by atoms with Gasteiger partial charge in [-0.2, -0.15) is 25.9 Å². The average Bonchev–Trinajstić information content (AvgIpc) is 2.96. The van der Waals surface area contributed by atoms with E-state index < -0.39 is 39.2 Å². The molecule has 3 aromatic rings. The van der Waals surface area contributed by atoms with Gasteiger partial charge in [0.25, 0.3) is 15.8 Å². The molecule has 16 heteroatoms. The Hall–Kier alpha value is -4.28. The highest BCUT2D eigenvalue weighted by atomic mass is 32.2. The zero-order chi connectivity index (χ0) is 30.2. The predicted molar refractivity (Wildman–Crippen MR) is 144 cm³/mol. The van der Waals surface area contributed by atoms with Crippen LogP contribution < -0.4 is 19.9 Å². The van der Waals surface area contributed by atoms with Crippen molar-refractivity contribution in [2.45, 2.75) is 19.1 Å². The van der Waals surface area contributed by atoms with Crippen molar-refractivity contribution in [1.29, 1.82) is 0 Å². The van der Waals surface area contributed by atoms with Crippen LogP contribution in [0.15, 0.2) is 58.6 Å². The van der Waals surface area contributed by atoms with Crippen molar-refractivity contribution < 1.29 is 35.5 Å². The quantitative estimate of drug-likeness (QED) is 0.410. The third-order valence-corrected chi connectivity index (χ3v) is 8.12. The highest BCUT2D eigenvalue weighted by Crippen LogP contribution is 2.39. The Kier molecular flexibility index (Phi) is 7.78. The molecular formula is C26H24F4N6O5S. The first kappa shape index (κ1) is 29.2. The van der Waals surface area contributed by atoms with Crippen LogP contribution in [0.4, 0.5) is 17.6 Å². The third-order valence-electron chi connectivity index (χ3n) is 6.67. The van der Waals surface area contributed by atoms with E-state index in [1.54, 1.807) is 12.3 Å². The minimum atomic E-state index is -4.80. The first-order valence-electron chi connectivity index (χ1n) is 12.4. The fourth-order valence-electron chi connectivity index (χ4n) is 4.72. The minimum absolute atomic E-state index is 0.000403. The molecule has 0 radical (unpaired) electrons. The van der Waals surface area contributed by atoms with Gasteiger partial charge in [-0.1, -0.05) is 6.07 Å². The lowest BCUT2D eigenvalue weighted by atomic mass is 10.0. The van der Waals surface area contributed by atoms with Gasteiger partial charge >= 0.3 is 6.18 Å². The van der Waals surface area contributed by atoms with Crippen molar-refractivity contribution in [2.24, 2.45) is 4.99 Å². The van der Waals surface area contributed by atoms with Crippen molar-refractivity contribution in [3.05, 3.63) is 81.8 Å². The van der Waals surface area contributed by atoms with Crippen LogP contribution in [-0.4, -0.2) is 60.9 Å². The Morgan fingerprint density at radius 3 is 2.55 bits per heavy atom. The fourth-order valence-corrected chi connectivity index (χ4v) is 5.89. The van der Waals surface area contributed by atoms with E-state index in [-0.39, 0.29) is 48.7 Å². The molecule has 0 saturated carbocycles. The van der Waals surface area contributed by atoms with E-state index in [1.807, 2.05) is 0 Å². The second kappa shape index (κ2) is 11.2. The normalized spacial score (nSPS) is 15.5. The molecule has 0 aliphatic carbocycles. The molecule has 4 heterocycles. The summed E-state index contributed by atoms with van der Waals surface area (Å²) in [6, 6.07) is 5.60. The van der Waals surface area contributed by atoms with E-state index in [2.05, 4.69) is 14.8 Å². The fraction of sp³-hybridized carbons (Fsp3) is 0.269. The molecule has 222 valence electrons. The van der Waals surface area contributed by atoms with E-state index >= 15 is 4.39 Å². The number of halogens is 4. The number of hydrogen-bond donors (Lipinski definition) is 1. The zero-order valence-corrected chi connectivity index (χ0v) is 23.0. The van der Waals surface area contributed by atoms with Crippen molar-refractivity contribution in [1.82, 2.24) is 23.7 Å². The van der Waals surface area contributed by atoms with Gasteiger partial charge in [0.2, 0.25) is 5.88 Å². The van der Waals surface area contributed by atoms with E-state index in [1.165, 1.54) is 45.4 Å². The Balaban J connectivity index is 1.52. The number of ether oxygens (including phenoxy) is 2. The number of methoxy groups -OCH3 is 2. The lowest BCUT2D eigenvalue weighted by Gasteiger charge is -2.32. The van der Waals surface area contributed by atoms with Crippen LogP contribution in [-0.2, 0) is 29.4 Å². The monoisotopic (exact) mass is 608 g/mol. The second-order valence-corrected chi connectivity index (χ2v) is 10.9. The van der Waals surface area contributed by atoms with Gasteiger partial charge in [0.15, 0.2) is 0 Å². The van der Waals surface area contributed by atoms with Crippen molar-refractivity contribution in [3.8, 4) is 28.4 Å². The van der Waals surface area contributed by atoms with Gasteiger partial charge in [0.05, 0.1) is 19.9 Å². The van der Waals surface area contributed by atoms with E-state index in [0.29, 0.717) is 11.3 Å². The van der Waals surface area contributed by atoms with Gasteiger partial charge < -0.3 is 9.47 Å². The summed E-state index contributed by atoms with van der Waals surface area (Å²) in [7, 11) is -1.66. The summed E-state index contributed by atoms with van der Waals surface area (Å²) < 4.78 is 94.7. The summed E-state index contributed by atoms with van der Waals surface area (Å²) in [6.07, 6.45) is 0.978. The molecule has 2 aliphatic rings. The number of rotatable bonds is 7. The first-order chi connectivity index (χ1) is 19.9. The number of aliphatic imine (C=N–C) groups is 1. The summed E-state index contributed by atoms with van der Waals surface area (Å²) in [5.41, 5.74) is -1.20. The maximum atomic E-state index is 15.5. The highest BCUT2D eigenvalue weighted by Gasteiger charge is 2.36. The molecule has 0 atom stereocenters. The Morgan fingerprint density at radius 1 is 1.10 bits per heavy atom. The molecule has 0 saturated heterocycles. The molecule has 1 N–H and O–H groups in total. The molecule has 0 spiro atoms. The zero-order valence-electron chi connectivity index (χ0n) is 22.2. The number of nitrogens with one attached hydrogen (secondary N) is 1. The first-order valence-corrected chi connectivity index (χ1v) is 13.8. The van der Waals surface area contributed by atoms with Crippen LogP contribution in [0.1, 0.15) is 16.8 Å². The second-order valence-electron chi connectivity index (χ2n) is 9.23. The lowest BCUT2D eigenvalue weighted by Crippen LogP contribution is -2.49. The van der Waals surface area contributed by atoms with Gasteiger partial charge in [0, 0.05) is 67.1 Å². The SMILES string of the molecule is COc1cc(-c2cnc(OC)c(C(F)(F)F)c2)c(F)cc1-n1c2c(ccc1=O)CN(S(=O)(=O)NN1C=CC=NC1)CC2. The number of hydrazine groups is 1. The topological polar surface area (TPSA) is 118 Å². The van der Waals surface area contributed by atoms with Crippen LogP contribution in [0.2, 0.25) is 0 Å². The maximum absolute atomic E-state index is 15.5. The van der Waals surface area contributed by atoms with E-state index in [0.717, 1.165) is 25.4 Å². The third kappa shape index (κ3) is 5.60. The highest BCUT2D eigenvalue weighted by molar-refractivity contribution is 7.87. The number of alkyl halides is 3. The van der Waals surface area contributed by atoms with E-state index in [4.69, 9.17) is 9.47 Å². The molecule has 0 fully saturated rings. The van der Waals surface area contributed by atoms with Crippen LogP contribution in [0, 0.1) is 5.82 Å². The van der Waals surface area contributed by atoms with Crippen LogP contribution in [0.25, 0.3) is 16.8 Å². The number of aromatic nitrogens is 2. The van der Waals surface area contributed by atoms with Gasteiger partial charge in [-0.25, -0.2) is 9.37 Å². The average molecular weight is 609 g/mol. The van der Waals surface area contributed by atoms with Gasteiger partial charge in [0.1, 0.15) is 23.8 Å². The summed E-state index contributed by atoms with van der Waals surface area (Å²) in [5, 5.41) is 1.30. The minimum Gasteiger partial charge on any atom is -0.495 e. The molecule has 0 unspecified atom stereocenters. The maximum Gasteiger partial charge on any atom is 0.421 e. The molecule has 42 heavy (non-hydrogen) atoms. The van der Waals surface area contributed by atoms with Gasteiger partial charge in [-0.3, -0.25) is 19.4 Å². The number of allylic oxidation sites excluding steroid dienone is 1. The number of pyridine rings is 2. The number of nitrogens with zero attached hydrogens (tertiary/aromatic N) is 5. The number of hydrogen-bond acceptors (Lipinski definition) is 8. The molecule has 5 rings (SSSR count). The molecule has 2 aromatic heterocycles. The van der Waals surface area contributed by atoms with Crippen LogP contribution in [0.3, 0.4) is 0 Å². The summed E-state index contributed by atoms with van der Waals surface area (Å²) in [4.78, 5) is 23.1. The molecule has 11 nitrogen and oxygen atoms in total. The van der Waals surface area contributed by atoms with Crippen LogP contribution in [0.5, 0.6) is 11.6 Å². The molecular weight excluding hydrogens is 584 g/mol. The molecule has 0 bridgehead atoms. The lowest BCUT2D eigenvalue weighted by molar-refractivity contribution is -0.139. The standard InChI is InChI=1S/C26H24F4N6O5S/c1-40-23-11-18(17-10-19(26(28,29)30)25(41-2)32-13-17)20(27)12-22(23)36-21-6-9-35(14-16(21)4-5-24(36)37)42(38,39)33-34-8-3-7-31-15-34/h3-5,7-8,10-13,33H,6,9,14-15H2,1-2H3. The smallest absolute Gasteiger partial charge is 0.421 e. The summed E-state index contributed by atoms with van der Waals surface area (Å²) in [6.45, 7) is 0.0325. The molecule has 2 aliphatic heterocycles. The Labute approximate surface area is 237 Å². The molecule has 1 aromatic carbocycles. The largest absolute Gasteiger partial charge is 0.495 e. The number of benzene rings is 1. The van der Waals surface area contributed by atoms with Crippen molar-refractivity contribution in [3.63, 3.8) is 0 Å². The summed E-state index contributed by atoms with van der Waals surface area (Å²) in [5.74, 6) is -1.60.